The highest BCUT2D eigenvalue weighted by molar-refractivity contribution is 5.94. The number of nitrogens with one attached hydrogen (secondary N) is 1. The van der Waals surface area contributed by atoms with Crippen molar-refractivity contribution in [1.82, 2.24) is 5.32 Å². The Labute approximate surface area is 87.2 Å². The number of rotatable bonds is 3. The van der Waals surface area contributed by atoms with Gasteiger partial charge >= 0.3 is 0 Å². The first-order chi connectivity index (χ1) is 7.20. The molecular weight excluding hydrogens is 197 g/mol. The molecule has 0 aliphatic heterocycles. The zero-order chi connectivity index (χ0) is 10.8. The summed E-state index contributed by atoms with van der Waals surface area (Å²) in [6.07, 6.45) is 2.28. The smallest absolute Gasteiger partial charge is 0.254 e. The molecule has 15 heavy (non-hydrogen) atoms. The third-order valence-corrected chi connectivity index (χ3v) is 2.24. The van der Waals surface area contributed by atoms with E-state index in [1.165, 1.54) is 19.2 Å². The maximum atomic E-state index is 13.4. The molecule has 3 nitrogen and oxygen atoms in total. The zero-order valence-corrected chi connectivity index (χ0v) is 8.42. The van der Waals surface area contributed by atoms with Crippen LogP contribution in [0.1, 0.15) is 23.2 Å². The van der Waals surface area contributed by atoms with E-state index in [0.29, 0.717) is 5.75 Å². The number of carbonyl (C=O) groups excluding carboxylic acids is 1. The van der Waals surface area contributed by atoms with Gasteiger partial charge in [-0.15, -0.1) is 0 Å². The summed E-state index contributed by atoms with van der Waals surface area (Å²) in [6, 6.07) is 4.31. The van der Waals surface area contributed by atoms with Gasteiger partial charge in [-0.05, 0) is 25.0 Å². The Hall–Kier alpha value is -1.58. The SMILES string of the molecule is CNC(=O)c1ccc(OC2CC2)cc1F. The Kier molecular flexibility index (Phi) is 2.58. The fourth-order valence-electron chi connectivity index (χ4n) is 1.27. The molecule has 0 aromatic heterocycles. The second-order valence-corrected chi connectivity index (χ2v) is 3.54. The van der Waals surface area contributed by atoms with Gasteiger partial charge in [0, 0.05) is 13.1 Å². The Morgan fingerprint density at radius 2 is 2.27 bits per heavy atom. The molecule has 0 bridgehead atoms. The van der Waals surface area contributed by atoms with E-state index >= 15 is 0 Å². The minimum absolute atomic E-state index is 0.0423. The Bertz CT molecular complexity index is 388. The quantitative estimate of drug-likeness (QED) is 0.823. The average Bonchev–Trinajstić information content (AvgIpc) is 3.01. The van der Waals surface area contributed by atoms with Crippen molar-refractivity contribution in [3.05, 3.63) is 29.6 Å². The highest BCUT2D eigenvalue weighted by Gasteiger charge is 2.24. The first kappa shape index (κ1) is 9.96. The summed E-state index contributed by atoms with van der Waals surface area (Å²) >= 11 is 0. The molecule has 80 valence electrons. The van der Waals surface area contributed by atoms with E-state index < -0.39 is 11.7 Å². The van der Waals surface area contributed by atoms with Gasteiger partial charge in [0.25, 0.3) is 5.91 Å². The second kappa shape index (κ2) is 3.88. The van der Waals surface area contributed by atoms with Gasteiger partial charge in [-0.2, -0.15) is 0 Å². The molecule has 1 saturated carbocycles. The molecule has 2 rings (SSSR count). The summed E-state index contributed by atoms with van der Waals surface area (Å²) in [5.74, 6) is -0.486. The van der Waals surface area contributed by atoms with Crippen LogP contribution in [0.25, 0.3) is 0 Å². The van der Waals surface area contributed by atoms with Crippen molar-refractivity contribution < 1.29 is 13.9 Å². The molecule has 1 amide bonds. The van der Waals surface area contributed by atoms with E-state index in [1.54, 1.807) is 6.07 Å². The first-order valence-corrected chi connectivity index (χ1v) is 4.89. The lowest BCUT2D eigenvalue weighted by atomic mass is 10.2. The summed E-state index contributed by atoms with van der Waals surface area (Å²) in [6.45, 7) is 0. The van der Waals surface area contributed by atoms with Crippen LogP contribution in [0.15, 0.2) is 18.2 Å². The minimum atomic E-state index is -0.549. The lowest BCUT2D eigenvalue weighted by Crippen LogP contribution is -2.19. The Balaban J connectivity index is 2.17. The van der Waals surface area contributed by atoms with Crippen LogP contribution in [0.2, 0.25) is 0 Å². The van der Waals surface area contributed by atoms with Gasteiger partial charge in [0.15, 0.2) is 0 Å². The van der Waals surface area contributed by atoms with Crippen molar-refractivity contribution in [2.45, 2.75) is 18.9 Å². The van der Waals surface area contributed by atoms with E-state index in [9.17, 15) is 9.18 Å². The van der Waals surface area contributed by atoms with Gasteiger partial charge in [0.05, 0.1) is 11.7 Å². The molecule has 1 aliphatic rings. The molecule has 4 heteroatoms. The first-order valence-electron chi connectivity index (χ1n) is 4.89. The van der Waals surface area contributed by atoms with Crippen molar-refractivity contribution in [3.63, 3.8) is 0 Å². The van der Waals surface area contributed by atoms with Gasteiger partial charge in [-0.25, -0.2) is 4.39 Å². The summed E-state index contributed by atoms with van der Waals surface area (Å²) in [7, 11) is 1.47. The van der Waals surface area contributed by atoms with E-state index in [0.717, 1.165) is 12.8 Å². The Morgan fingerprint density at radius 1 is 1.53 bits per heavy atom. The fourth-order valence-corrected chi connectivity index (χ4v) is 1.27. The number of ether oxygens (including phenoxy) is 1. The van der Waals surface area contributed by atoms with Crippen molar-refractivity contribution in [3.8, 4) is 5.75 Å². The predicted octanol–water partition coefficient (Wildman–Crippen LogP) is 1.73. The molecule has 0 atom stereocenters. The van der Waals surface area contributed by atoms with Gasteiger partial charge in [0.1, 0.15) is 11.6 Å². The van der Waals surface area contributed by atoms with Crippen LogP contribution in [0.4, 0.5) is 4.39 Å². The van der Waals surface area contributed by atoms with Crippen LogP contribution in [0, 0.1) is 5.82 Å². The molecule has 1 fully saturated rings. The van der Waals surface area contributed by atoms with E-state index in [2.05, 4.69) is 5.32 Å². The molecule has 1 aliphatic carbocycles. The lowest BCUT2D eigenvalue weighted by Gasteiger charge is -2.06. The van der Waals surface area contributed by atoms with E-state index in [4.69, 9.17) is 4.74 Å². The summed E-state index contributed by atoms with van der Waals surface area (Å²) < 4.78 is 18.8. The Morgan fingerprint density at radius 3 is 2.80 bits per heavy atom. The van der Waals surface area contributed by atoms with Gasteiger partial charge in [0.2, 0.25) is 0 Å². The normalized spacial score (nSPS) is 14.8. The van der Waals surface area contributed by atoms with Gasteiger partial charge in [-0.1, -0.05) is 0 Å². The van der Waals surface area contributed by atoms with Crippen molar-refractivity contribution in [2.75, 3.05) is 7.05 Å². The standard InChI is InChI=1S/C11H12FNO2/c1-13-11(14)9-5-4-8(6-10(9)12)15-7-2-3-7/h4-7H,2-3H2,1H3,(H,13,14). The second-order valence-electron chi connectivity index (χ2n) is 3.54. The third-order valence-electron chi connectivity index (χ3n) is 2.24. The number of amides is 1. The zero-order valence-electron chi connectivity index (χ0n) is 8.42. The highest BCUT2D eigenvalue weighted by Crippen LogP contribution is 2.27. The minimum Gasteiger partial charge on any atom is -0.490 e. The molecule has 0 spiro atoms. The van der Waals surface area contributed by atoms with Gasteiger partial charge in [-0.3, -0.25) is 4.79 Å². The number of carbonyl (C=O) groups is 1. The van der Waals surface area contributed by atoms with Gasteiger partial charge < -0.3 is 10.1 Å². The summed E-state index contributed by atoms with van der Waals surface area (Å²) in [5, 5.41) is 2.37. The topological polar surface area (TPSA) is 38.3 Å². The number of benzene rings is 1. The molecule has 1 N–H and O–H groups in total. The summed E-state index contributed by atoms with van der Waals surface area (Å²) in [5.41, 5.74) is 0.0423. The highest BCUT2D eigenvalue weighted by atomic mass is 19.1. The van der Waals surface area contributed by atoms with Crippen LogP contribution >= 0.6 is 0 Å². The van der Waals surface area contributed by atoms with Crippen molar-refractivity contribution in [2.24, 2.45) is 0 Å². The van der Waals surface area contributed by atoms with Crippen molar-refractivity contribution in [1.29, 1.82) is 0 Å². The monoisotopic (exact) mass is 209 g/mol. The number of hydrogen-bond donors (Lipinski definition) is 1. The van der Waals surface area contributed by atoms with Crippen LogP contribution in [-0.4, -0.2) is 19.1 Å². The van der Waals surface area contributed by atoms with E-state index in [1.807, 2.05) is 0 Å². The largest absolute Gasteiger partial charge is 0.490 e. The molecule has 0 saturated heterocycles. The molecular formula is C11H12FNO2. The van der Waals surface area contributed by atoms with Crippen LogP contribution in [0.3, 0.4) is 0 Å². The maximum absolute atomic E-state index is 13.4. The summed E-state index contributed by atoms with van der Waals surface area (Å²) in [4.78, 5) is 11.2. The molecule has 1 aromatic rings. The molecule has 0 unspecified atom stereocenters. The van der Waals surface area contributed by atoms with Crippen molar-refractivity contribution >= 4 is 5.91 Å². The van der Waals surface area contributed by atoms with Crippen LogP contribution in [-0.2, 0) is 0 Å². The lowest BCUT2D eigenvalue weighted by molar-refractivity contribution is 0.0959. The van der Waals surface area contributed by atoms with E-state index in [-0.39, 0.29) is 11.7 Å². The van der Waals surface area contributed by atoms with Crippen LogP contribution < -0.4 is 10.1 Å². The maximum Gasteiger partial charge on any atom is 0.254 e. The third kappa shape index (κ3) is 2.26. The molecule has 0 radical (unpaired) electrons. The number of halogens is 1. The molecule has 0 heterocycles. The molecule has 1 aromatic carbocycles. The number of hydrogen-bond acceptors (Lipinski definition) is 2. The van der Waals surface area contributed by atoms with Crippen LogP contribution in [0.5, 0.6) is 5.75 Å². The average molecular weight is 209 g/mol. The fraction of sp³-hybridized carbons (Fsp3) is 0.364. The predicted molar refractivity (Wildman–Crippen MR) is 53.4 cm³/mol.